The highest BCUT2D eigenvalue weighted by Gasteiger charge is 2.20. The van der Waals surface area contributed by atoms with E-state index in [4.69, 9.17) is 21.4 Å². The lowest BCUT2D eigenvalue weighted by Gasteiger charge is -2.28. The Hall–Kier alpha value is -1.40. The fourth-order valence-corrected chi connectivity index (χ4v) is 1.67. The van der Waals surface area contributed by atoms with E-state index < -0.39 is 5.97 Å². The van der Waals surface area contributed by atoms with Crippen molar-refractivity contribution in [2.24, 2.45) is 0 Å². The summed E-state index contributed by atoms with van der Waals surface area (Å²) in [5.41, 5.74) is 0.0712. The van der Waals surface area contributed by atoms with Gasteiger partial charge in [0.05, 0.1) is 13.2 Å². The van der Waals surface area contributed by atoms with E-state index in [1.165, 1.54) is 6.07 Å². The summed E-state index contributed by atoms with van der Waals surface area (Å²) in [4.78, 5) is 12.9. The molecular weight excluding hydrogens is 234 g/mol. The molecule has 1 aliphatic rings. The quantitative estimate of drug-likeness (QED) is 0.823. The molecule has 0 amide bonds. The van der Waals surface area contributed by atoms with Crippen LogP contribution in [-0.2, 0) is 4.74 Å². The Labute approximate surface area is 96.8 Å². The van der Waals surface area contributed by atoms with E-state index in [1.807, 2.05) is 4.90 Å². The molecule has 0 aromatic carbocycles. The van der Waals surface area contributed by atoms with Gasteiger partial charge in [0.25, 0.3) is 0 Å². The van der Waals surface area contributed by atoms with Crippen molar-refractivity contribution in [3.05, 3.63) is 16.8 Å². The molecule has 1 aromatic rings. The smallest absolute Gasteiger partial charge is 0.339 e. The average molecular weight is 244 g/mol. The van der Waals surface area contributed by atoms with Gasteiger partial charge in [-0.3, -0.25) is 0 Å². The first kappa shape index (κ1) is 11.1. The van der Waals surface area contributed by atoms with Crippen molar-refractivity contribution in [2.75, 3.05) is 31.2 Å². The molecule has 2 rings (SSSR count). The minimum atomic E-state index is -1.06. The number of rotatable bonds is 2. The van der Waals surface area contributed by atoms with E-state index in [1.54, 1.807) is 0 Å². The van der Waals surface area contributed by atoms with Gasteiger partial charge in [-0.2, -0.15) is 0 Å². The highest BCUT2D eigenvalue weighted by Crippen LogP contribution is 2.20. The van der Waals surface area contributed by atoms with Crippen LogP contribution in [0.5, 0.6) is 0 Å². The van der Waals surface area contributed by atoms with Crippen LogP contribution in [0.2, 0.25) is 5.15 Å². The van der Waals surface area contributed by atoms with Crippen LogP contribution in [0, 0.1) is 0 Å². The highest BCUT2D eigenvalue weighted by molar-refractivity contribution is 6.29. The fourth-order valence-electron chi connectivity index (χ4n) is 1.53. The minimum absolute atomic E-state index is 0.0712. The van der Waals surface area contributed by atoms with Crippen molar-refractivity contribution >= 4 is 23.4 Å². The Morgan fingerprint density at radius 2 is 2.12 bits per heavy atom. The van der Waals surface area contributed by atoms with Crippen molar-refractivity contribution in [1.29, 1.82) is 0 Å². The third kappa shape index (κ3) is 2.23. The predicted octanol–water partition coefficient (Wildman–Crippen LogP) is 0.665. The van der Waals surface area contributed by atoms with Crippen molar-refractivity contribution in [3.63, 3.8) is 0 Å². The second-order valence-electron chi connectivity index (χ2n) is 3.31. The number of morpholine rings is 1. The van der Waals surface area contributed by atoms with Gasteiger partial charge in [0, 0.05) is 13.1 Å². The number of halogens is 1. The third-order valence-electron chi connectivity index (χ3n) is 2.29. The molecule has 1 N–H and O–H groups in total. The van der Waals surface area contributed by atoms with Crippen LogP contribution >= 0.6 is 11.6 Å². The molecule has 0 atom stereocenters. The standard InChI is InChI=1S/C9H10ClN3O3/c10-7-5-6(9(14)15)8(12-11-7)13-1-3-16-4-2-13/h5H,1-4H2,(H,14,15). The molecule has 0 saturated carbocycles. The number of nitrogens with zero attached hydrogens (tertiary/aromatic N) is 3. The number of hydrogen-bond donors (Lipinski definition) is 1. The zero-order valence-corrected chi connectivity index (χ0v) is 9.15. The van der Waals surface area contributed by atoms with E-state index in [0.29, 0.717) is 32.1 Å². The fraction of sp³-hybridized carbons (Fsp3) is 0.444. The zero-order chi connectivity index (χ0) is 11.5. The van der Waals surface area contributed by atoms with Gasteiger partial charge in [0.15, 0.2) is 11.0 Å². The van der Waals surface area contributed by atoms with E-state index in [9.17, 15) is 4.79 Å². The Morgan fingerprint density at radius 1 is 1.44 bits per heavy atom. The summed E-state index contributed by atoms with van der Waals surface area (Å²) in [5, 5.41) is 16.6. The largest absolute Gasteiger partial charge is 0.478 e. The van der Waals surface area contributed by atoms with Gasteiger partial charge in [-0.1, -0.05) is 11.6 Å². The summed E-state index contributed by atoms with van der Waals surface area (Å²) in [6, 6.07) is 1.31. The highest BCUT2D eigenvalue weighted by atomic mass is 35.5. The Morgan fingerprint density at radius 3 is 2.75 bits per heavy atom. The summed E-state index contributed by atoms with van der Waals surface area (Å²) in [5.74, 6) is -0.710. The van der Waals surface area contributed by atoms with Crippen molar-refractivity contribution in [1.82, 2.24) is 10.2 Å². The Balaban J connectivity index is 2.34. The molecule has 0 radical (unpaired) electrons. The van der Waals surface area contributed by atoms with Gasteiger partial charge >= 0.3 is 5.97 Å². The Kier molecular flexibility index (Phi) is 3.21. The number of carboxylic acid groups (broad SMARTS) is 1. The molecule has 6 nitrogen and oxygen atoms in total. The van der Waals surface area contributed by atoms with E-state index in [2.05, 4.69) is 10.2 Å². The first-order chi connectivity index (χ1) is 7.68. The summed E-state index contributed by atoms with van der Waals surface area (Å²) in [6.07, 6.45) is 0. The molecular formula is C9H10ClN3O3. The lowest BCUT2D eigenvalue weighted by molar-refractivity contribution is 0.0695. The monoisotopic (exact) mass is 243 g/mol. The van der Waals surface area contributed by atoms with Crippen LogP contribution in [0.4, 0.5) is 5.82 Å². The second kappa shape index (κ2) is 4.63. The molecule has 1 aliphatic heterocycles. The molecule has 0 spiro atoms. The molecule has 1 fully saturated rings. The molecule has 1 aromatic heterocycles. The second-order valence-corrected chi connectivity index (χ2v) is 3.70. The number of ether oxygens (including phenoxy) is 1. The molecule has 2 heterocycles. The summed E-state index contributed by atoms with van der Waals surface area (Å²) in [6.45, 7) is 2.33. The number of carboxylic acids is 1. The van der Waals surface area contributed by atoms with Crippen LogP contribution < -0.4 is 4.90 Å². The Bertz CT molecular complexity index is 407. The maximum absolute atomic E-state index is 11.0. The summed E-state index contributed by atoms with van der Waals surface area (Å²) in [7, 11) is 0. The van der Waals surface area contributed by atoms with Gasteiger partial charge in [-0.05, 0) is 6.07 Å². The SMILES string of the molecule is O=C(O)c1cc(Cl)nnc1N1CCOCC1. The van der Waals surface area contributed by atoms with Crippen molar-refractivity contribution < 1.29 is 14.6 Å². The molecule has 1 saturated heterocycles. The number of anilines is 1. The maximum atomic E-state index is 11.0. The summed E-state index contributed by atoms with van der Waals surface area (Å²) >= 11 is 5.62. The maximum Gasteiger partial charge on any atom is 0.339 e. The number of aromatic carboxylic acids is 1. The van der Waals surface area contributed by atoms with E-state index >= 15 is 0 Å². The normalized spacial score (nSPS) is 16.2. The lowest BCUT2D eigenvalue weighted by atomic mass is 10.2. The molecule has 7 heteroatoms. The van der Waals surface area contributed by atoms with Crippen LogP contribution in [-0.4, -0.2) is 47.6 Å². The van der Waals surface area contributed by atoms with E-state index in [-0.39, 0.29) is 10.7 Å². The van der Waals surface area contributed by atoms with Gasteiger partial charge in [0.1, 0.15) is 5.56 Å². The van der Waals surface area contributed by atoms with Gasteiger partial charge in [-0.15, -0.1) is 10.2 Å². The minimum Gasteiger partial charge on any atom is -0.478 e. The first-order valence-corrected chi connectivity index (χ1v) is 5.15. The number of carbonyl (C=O) groups is 1. The van der Waals surface area contributed by atoms with E-state index in [0.717, 1.165) is 0 Å². The van der Waals surface area contributed by atoms with Gasteiger partial charge in [-0.25, -0.2) is 4.79 Å². The lowest BCUT2D eigenvalue weighted by Crippen LogP contribution is -2.37. The molecule has 0 unspecified atom stereocenters. The number of aromatic nitrogens is 2. The van der Waals surface area contributed by atoms with Crippen molar-refractivity contribution in [2.45, 2.75) is 0 Å². The molecule has 0 bridgehead atoms. The third-order valence-corrected chi connectivity index (χ3v) is 2.47. The van der Waals surface area contributed by atoms with Crippen LogP contribution in [0.15, 0.2) is 6.07 Å². The zero-order valence-electron chi connectivity index (χ0n) is 8.39. The predicted molar refractivity (Wildman–Crippen MR) is 57.0 cm³/mol. The van der Waals surface area contributed by atoms with Gasteiger partial charge < -0.3 is 14.7 Å². The summed E-state index contributed by atoms with van der Waals surface area (Å²) < 4.78 is 5.18. The van der Waals surface area contributed by atoms with Crippen molar-refractivity contribution in [3.8, 4) is 0 Å². The molecule has 16 heavy (non-hydrogen) atoms. The van der Waals surface area contributed by atoms with Crippen LogP contribution in [0.3, 0.4) is 0 Å². The average Bonchev–Trinajstić information content (AvgIpc) is 2.30. The number of hydrogen-bond acceptors (Lipinski definition) is 5. The van der Waals surface area contributed by atoms with Crippen LogP contribution in [0.1, 0.15) is 10.4 Å². The van der Waals surface area contributed by atoms with Gasteiger partial charge in [0.2, 0.25) is 0 Å². The molecule has 0 aliphatic carbocycles. The first-order valence-electron chi connectivity index (χ1n) is 4.77. The molecule has 86 valence electrons. The van der Waals surface area contributed by atoms with Crippen LogP contribution in [0.25, 0.3) is 0 Å². The topological polar surface area (TPSA) is 75.5 Å².